The van der Waals surface area contributed by atoms with Crippen LogP contribution in [0.15, 0.2) is 42.7 Å². The Kier molecular flexibility index (Phi) is 5.39. The number of nitrogens with one attached hydrogen (secondary N) is 1. The Balaban J connectivity index is 1.36. The molecule has 1 saturated heterocycles. The predicted octanol–water partition coefficient (Wildman–Crippen LogP) is 3.54. The Bertz CT molecular complexity index is 955. The fourth-order valence-electron chi connectivity index (χ4n) is 3.69. The summed E-state index contributed by atoms with van der Waals surface area (Å²) in [4.78, 5) is 19.4. The van der Waals surface area contributed by atoms with Gasteiger partial charge in [-0.3, -0.25) is 9.69 Å². The van der Waals surface area contributed by atoms with Crippen molar-refractivity contribution in [2.24, 2.45) is 0 Å². The number of carbonyl (C=O) groups excluding carboxylic acids is 1. The molecule has 2 aromatic heterocycles. The highest BCUT2D eigenvalue weighted by molar-refractivity contribution is 5.96. The monoisotopic (exact) mass is 377 g/mol. The molecule has 28 heavy (non-hydrogen) atoms. The van der Waals surface area contributed by atoms with E-state index in [1.54, 1.807) is 12.4 Å². The van der Waals surface area contributed by atoms with E-state index >= 15 is 0 Å². The first-order chi connectivity index (χ1) is 13.6. The van der Waals surface area contributed by atoms with Crippen molar-refractivity contribution in [3.05, 3.63) is 59.4 Å². The molecule has 0 radical (unpaired) electrons. The Morgan fingerprint density at radius 2 is 1.82 bits per heavy atom. The fourth-order valence-corrected chi connectivity index (χ4v) is 3.69. The molecule has 0 saturated carbocycles. The summed E-state index contributed by atoms with van der Waals surface area (Å²) in [6.07, 6.45) is 6.00. The lowest BCUT2D eigenvalue weighted by Gasteiger charge is -2.14. The van der Waals surface area contributed by atoms with Gasteiger partial charge < -0.3 is 5.32 Å². The molecule has 0 bridgehead atoms. The van der Waals surface area contributed by atoms with Crippen LogP contribution in [0.25, 0.3) is 11.0 Å². The number of hydrogen-bond acceptors (Lipinski definition) is 4. The second-order valence-electron chi connectivity index (χ2n) is 7.80. The Morgan fingerprint density at radius 1 is 1.11 bits per heavy atom. The minimum absolute atomic E-state index is 0.118. The topological polar surface area (TPSA) is 63.1 Å². The van der Waals surface area contributed by atoms with Gasteiger partial charge in [-0.1, -0.05) is 24.3 Å². The maximum absolute atomic E-state index is 12.5. The molecule has 1 aromatic carbocycles. The summed E-state index contributed by atoms with van der Waals surface area (Å²) in [5.74, 6) is -0.118. The minimum Gasteiger partial charge on any atom is -0.348 e. The molecule has 6 nitrogen and oxygen atoms in total. The average Bonchev–Trinajstić information content (AvgIpc) is 3.36. The number of hydrogen-bond donors (Lipinski definition) is 1. The van der Waals surface area contributed by atoms with E-state index in [0.717, 1.165) is 23.1 Å². The number of nitrogens with zero attached hydrogens (tertiary/aromatic N) is 4. The number of rotatable bonds is 6. The van der Waals surface area contributed by atoms with Gasteiger partial charge in [0.15, 0.2) is 5.65 Å². The molecule has 1 amide bonds. The molecule has 1 aliphatic rings. The maximum Gasteiger partial charge on any atom is 0.253 e. The molecule has 0 spiro atoms. The molecule has 1 fully saturated rings. The van der Waals surface area contributed by atoms with E-state index in [0.29, 0.717) is 12.1 Å². The first kappa shape index (κ1) is 18.6. The van der Waals surface area contributed by atoms with Crippen LogP contribution in [0.1, 0.15) is 54.2 Å². The van der Waals surface area contributed by atoms with Crippen molar-refractivity contribution in [3.63, 3.8) is 0 Å². The second-order valence-corrected chi connectivity index (χ2v) is 7.80. The summed E-state index contributed by atoms with van der Waals surface area (Å²) in [6, 6.07) is 10.6. The number of amides is 1. The Morgan fingerprint density at radius 3 is 2.54 bits per heavy atom. The van der Waals surface area contributed by atoms with Gasteiger partial charge in [0.25, 0.3) is 5.91 Å². The normalized spacial score (nSPS) is 14.8. The van der Waals surface area contributed by atoms with Crippen LogP contribution < -0.4 is 5.32 Å². The molecule has 3 heterocycles. The number of carbonyl (C=O) groups is 1. The molecule has 0 aliphatic carbocycles. The minimum atomic E-state index is -0.118. The van der Waals surface area contributed by atoms with Gasteiger partial charge in [0.2, 0.25) is 0 Å². The average molecular weight is 377 g/mol. The zero-order chi connectivity index (χ0) is 19.5. The lowest BCUT2D eigenvalue weighted by atomic mass is 10.1. The summed E-state index contributed by atoms with van der Waals surface area (Å²) >= 11 is 0. The van der Waals surface area contributed by atoms with Gasteiger partial charge in [0.05, 0.1) is 11.8 Å². The first-order valence-electron chi connectivity index (χ1n) is 10.0. The van der Waals surface area contributed by atoms with Crippen molar-refractivity contribution < 1.29 is 4.79 Å². The summed E-state index contributed by atoms with van der Waals surface area (Å²) in [6.45, 7) is 8.04. The third-order valence-electron chi connectivity index (χ3n) is 5.27. The summed E-state index contributed by atoms with van der Waals surface area (Å²) < 4.78 is 1.86. The summed E-state index contributed by atoms with van der Waals surface area (Å²) in [5, 5.41) is 8.22. The third kappa shape index (κ3) is 4.07. The van der Waals surface area contributed by atoms with Gasteiger partial charge in [-0.2, -0.15) is 5.10 Å². The van der Waals surface area contributed by atoms with Crippen molar-refractivity contribution in [2.45, 2.75) is 45.8 Å². The van der Waals surface area contributed by atoms with Gasteiger partial charge >= 0.3 is 0 Å². The number of fused-ring (bicyclic) bond motifs is 1. The number of benzene rings is 1. The molecule has 4 rings (SSSR count). The molecule has 1 N–H and O–H groups in total. The van der Waals surface area contributed by atoms with E-state index in [2.05, 4.69) is 58.4 Å². The molecular formula is C22H27N5O. The van der Waals surface area contributed by atoms with Gasteiger partial charge in [0.1, 0.15) is 0 Å². The quantitative estimate of drug-likeness (QED) is 0.714. The van der Waals surface area contributed by atoms with Crippen LogP contribution in [0.2, 0.25) is 0 Å². The summed E-state index contributed by atoms with van der Waals surface area (Å²) in [5.41, 5.74) is 3.79. The standard InChI is InChI=1S/C22H27N5O/c1-16(2)27-21-19(14-25-27)11-20(13-23-21)22(28)24-12-17-5-7-18(8-6-17)15-26-9-3-4-10-26/h5-8,11,13-14,16H,3-4,9-10,12,15H2,1-2H3,(H,24,28). The van der Waals surface area contributed by atoms with Crippen LogP contribution in [0.5, 0.6) is 0 Å². The van der Waals surface area contributed by atoms with Crippen molar-refractivity contribution in [1.29, 1.82) is 0 Å². The largest absolute Gasteiger partial charge is 0.348 e. The zero-order valence-corrected chi connectivity index (χ0v) is 16.6. The predicted molar refractivity (Wildman–Crippen MR) is 110 cm³/mol. The smallest absolute Gasteiger partial charge is 0.253 e. The number of aromatic nitrogens is 3. The van der Waals surface area contributed by atoms with Gasteiger partial charge in [-0.25, -0.2) is 9.67 Å². The van der Waals surface area contributed by atoms with Crippen LogP contribution >= 0.6 is 0 Å². The van der Waals surface area contributed by atoms with Crippen LogP contribution in [0, 0.1) is 0 Å². The molecule has 1 aliphatic heterocycles. The Labute approximate surface area is 165 Å². The van der Waals surface area contributed by atoms with Crippen molar-refractivity contribution in [3.8, 4) is 0 Å². The lowest BCUT2D eigenvalue weighted by molar-refractivity contribution is 0.0950. The van der Waals surface area contributed by atoms with Crippen LogP contribution in [0.4, 0.5) is 0 Å². The van der Waals surface area contributed by atoms with Crippen molar-refractivity contribution in [1.82, 2.24) is 25.0 Å². The van der Waals surface area contributed by atoms with E-state index in [1.807, 2.05) is 10.7 Å². The van der Waals surface area contributed by atoms with E-state index in [9.17, 15) is 4.79 Å². The van der Waals surface area contributed by atoms with Crippen LogP contribution in [0.3, 0.4) is 0 Å². The first-order valence-corrected chi connectivity index (χ1v) is 10.0. The zero-order valence-electron chi connectivity index (χ0n) is 16.6. The van der Waals surface area contributed by atoms with Gasteiger partial charge in [-0.05, 0) is 57.0 Å². The second kappa shape index (κ2) is 8.10. The fraction of sp³-hybridized carbons (Fsp3) is 0.409. The van der Waals surface area contributed by atoms with Crippen molar-refractivity contribution >= 4 is 16.9 Å². The van der Waals surface area contributed by atoms with Crippen molar-refractivity contribution in [2.75, 3.05) is 13.1 Å². The van der Waals surface area contributed by atoms with Crippen LogP contribution in [-0.2, 0) is 13.1 Å². The highest BCUT2D eigenvalue weighted by atomic mass is 16.1. The van der Waals surface area contributed by atoms with E-state index in [4.69, 9.17) is 0 Å². The molecule has 0 unspecified atom stereocenters. The third-order valence-corrected chi connectivity index (χ3v) is 5.27. The molecular weight excluding hydrogens is 350 g/mol. The maximum atomic E-state index is 12.5. The van der Waals surface area contributed by atoms with Crippen LogP contribution in [-0.4, -0.2) is 38.7 Å². The number of likely N-dealkylation sites (tertiary alicyclic amines) is 1. The molecule has 3 aromatic rings. The molecule has 6 heteroatoms. The highest BCUT2D eigenvalue weighted by Gasteiger charge is 2.13. The van der Waals surface area contributed by atoms with E-state index < -0.39 is 0 Å². The molecule has 0 atom stereocenters. The highest BCUT2D eigenvalue weighted by Crippen LogP contribution is 2.17. The van der Waals surface area contributed by atoms with Gasteiger partial charge in [0, 0.05) is 30.7 Å². The molecule has 146 valence electrons. The number of pyridine rings is 1. The van der Waals surface area contributed by atoms with E-state index in [-0.39, 0.29) is 11.9 Å². The van der Waals surface area contributed by atoms with E-state index in [1.165, 1.54) is 31.5 Å². The van der Waals surface area contributed by atoms with Gasteiger partial charge in [-0.15, -0.1) is 0 Å². The SMILES string of the molecule is CC(C)n1ncc2cc(C(=O)NCc3ccc(CN4CCCC4)cc3)cnc21. The lowest BCUT2D eigenvalue weighted by Crippen LogP contribution is -2.23. The summed E-state index contributed by atoms with van der Waals surface area (Å²) in [7, 11) is 0. The Hall–Kier alpha value is -2.73.